The maximum atomic E-state index is 12.1. The van der Waals surface area contributed by atoms with Crippen LogP contribution in [0.25, 0.3) is 6.08 Å². The number of nitro benzene ring substituents is 1. The molecular weight excluding hydrogens is 356 g/mol. The Bertz CT molecular complexity index is 1030. The van der Waals surface area contributed by atoms with Gasteiger partial charge in [0.1, 0.15) is 0 Å². The van der Waals surface area contributed by atoms with Gasteiger partial charge >= 0.3 is 5.97 Å². The van der Waals surface area contributed by atoms with Gasteiger partial charge in [-0.05, 0) is 29.8 Å². The summed E-state index contributed by atoms with van der Waals surface area (Å²) in [6.45, 7) is 0.0862. The number of fused-ring (bicyclic) bond motifs is 1. The molecule has 136 valence electrons. The molecule has 0 bridgehead atoms. The maximum Gasteiger partial charge on any atom is 0.363 e. The quantitative estimate of drug-likeness (QED) is 0.353. The van der Waals surface area contributed by atoms with E-state index in [1.165, 1.54) is 31.4 Å². The number of carbonyl (C=O) groups excluding carboxylic acids is 1. The summed E-state index contributed by atoms with van der Waals surface area (Å²) in [6.07, 6.45) is 1.51. The Kier molecular flexibility index (Phi) is 3.96. The molecule has 2 aliphatic heterocycles. The molecule has 2 heterocycles. The Balaban J connectivity index is 1.69. The lowest BCUT2D eigenvalue weighted by atomic mass is 10.1. The number of benzene rings is 2. The van der Waals surface area contributed by atoms with Gasteiger partial charge in [-0.1, -0.05) is 6.07 Å². The molecule has 0 amide bonds. The topological polar surface area (TPSA) is 109 Å². The van der Waals surface area contributed by atoms with Crippen molar-refractivity contribution >= 4 is 23.6 Å². The molecule has 0 saturated carbocycles. The molecule has 2 aliphatic rings. The first kappa shape index (κ1) is 16.6. The second-order valence-electron chi connectivity index (χ2n) is 5.60. The van der Waals surface area contributed by atoms with Gasteiger partial charge in [0.15, 0.2) is 17.2 Å². The molecule has 2 aromatic rings. The van der Waals surface area contributed by atoms with Crippen LogP contribution in [0.15, 0.2) is 47.1 Å². The van der Waals surface area contributed by atoms with E-state index in [9.17, 15) is 14.9 Å². The molecule has 2 aromatic carbocycles. The van der Waals surface area contributed by atoms with Crippen LogP contribution in [0, 0.1) is 10.1 Å². The average molecular weight is 368 g/mol. The van der Waals surface area contributed by atoms with Crippen molar-refractivity contribution in [1.82, 2.24) is 0 Å². The van der Waals surface area contributed by atoms with Crippen LogP contribution >= 0.6 is 0 Å². The molecule has 27 heavy (non-hydrogen) atoms. The van der Waals surface area contributed by atoms with Crippen molar-refractivity contribution in [1.29, 1.82) is 0 Å². The summed E-state index contributed by atoms with van der Waals surface area (Å²) in [5.41, 5.74) is 0.873. The molecule has 0 aromatic heterocycles. The van der Waals surface area contributed by atoms with Crippen LogP contribution in [-0.4, -0.2) is 30.7 Å². The summed E-state index contributed by atoms with van der Waals surface area (Å²) in [4.78, 5) is 26.7. The number of nitrogens with zero attached hydrogens (tertiary/aromatic N) is 2. The Morgan fingerprint density at radius 2 is 2.11 bits per heavy atom. The van der Waals surface area contributed by atoms with Crippen LogP contribution in [0.1, 0.15) is 11.1 Å². The predicted molar refractivity (Wildman–Crippen MR) is 92.8 cm³/mol. The van der Waals surface area contributed by atoms with Gasteiger partial charge in [0.2, 0.25) is 18.4 Å². The van der Waals surface area contributed by atoms with Crippen molar-refractivity contribution < 1.29 is 28.7 Å². The number of hydrogen-bond donors (Lipinski definition) is 0. The fourth-order valence-corrected chi connectivity index (χ4v) is 2.68. The van der Waals surface area contributed by atoms with Gasteiger partial charge in [0.25, 0.3) is 5.69 Å². The molecule has 9 heteroatoms. The minimum absolute atomic E-state index is 0.00246. The Morgan fingerprint density at radius 3 is 2.89 bits per heavy atom. The molecule has 0 spiro atoms. The number of carbonyl (C=O) groups is 1. The van der Waals surface area contributed by atoms with E-state index in [0.717, 1.165) is 0 Å². The summed E-state index contributed by atoms with van der Waals surface area (Å²) < 4.78 is 21.1. The van der Waals surface area contributed by atoms with Gasteiger partial charge in [0.05, 0.1) is 12.0 Å². The number of rotatable bonds is 4. The number of methoxy groups -OCH3 is 1. The zero-order valence-electron chi connectivity index (χ0n) is 14.0. The van der Waals surface area contributed by atoms with E-state index in [1.807, 2.05) is 0 Å². The molecule has 9 nitrogen and oxygen atoms in total. The smallest absolute Gasteiger partial charge is 0.363 e. The van der Waals surface area contributed by atoms with Crippen LogP contribution in [0.5, 0.6) is 17.2 Å². The predicted octanol–water partition coefficient (Wildman–Crippen LogP) is 2.68. The largest absolute Gasteiger partial charge is 0.493 e. The Hall–Kier alpha value is -3.88. The molecule has 0 aliphatic carbocycles. The van der Waals surface area contributed by atoms with E-state index in [2.05, 4.69) is 4.99 Å². The highest BCUT2D eigenvalue weighted by atomic mass is 16.7. The standard InChI is InChI=1S/C18H12N2O7/c1-24-14-6-10(7-15-16(14)26-9-25-15)5-13-18(21)27-17(19-13)11-3-2-4-12(8-11)20(22)23/h2-8H,9H2,1H3/b13-5-. The minimum Gasteiger partial charge on any atom is -0.493 e. The summed E-state index contributed by atoms with van der Waals surface area (Å²) in [5, 5.41) is 10.9. The first-order valence-corrected chi connectivity index (χ1v) is 7.80. The number of aliphatic imine (C=N–C) groups is 1. The van der Waals surface area contributed by atoms with Crippen LogP contribution in [-0.2, 0) is 9.53 Å². The highest BCUT2D eigenvalue weighted by molar-refractivity contribution is 6.13. The fraction of sp³-hybridized carbons (Fsp3) is 0.111. The monoisotopic (exact) mass is 368 g/mol. The van der Waals surface area contributed by atoms with Gasteiger partial charge in [-0.15, -0.1) is 0 Å². The van der Waals surface area contributed by atoms with Gasteiger partial charge in [-0.25, -0.2) is 9.79 Å². The third-order valence-corrected chi connectivity index (χ3v) is 3.91. The Labute approximate surface area is 152 Å². The average Bonchev–Trinajstić information content (AvgIpc) is 3.28. The zero-order chi connectivity index (χ0) is 19.0. The molecular formula is C18H12N2O7. The number of nitro groups is 1. The SMILES string of the molecule is COc1cc(/C=C2\N=C(c3cccc([N+](=O)[O-])c3)OC2=O)cc2c1OCO2. The van der Waals surface area contributed by atoms with E-state index >= 15 is 0 Å². The second-order valence-corrected chi connectivity index (χ2v) is 5.60. The number of cyclic esters (lactones) is 1. The first-order chi connectivity index (χ1) is 13.0. The molecule has 0 saturated heterocycles. The van der Waals surface area contributed by atoms with E-state index in [1.54, 1.807) is 18.2 Å². The lowest BCUT2D eigenvalue weighted by Gasteiger charge is -2.05. The lowest BCUT2D eigenvalue weighted by Crippen LogP contribution is -2.05. The highest BCUT2D eigenvalue weighted by Crippen LogP contribution is 2.42. The lowest BCUT2D eigenvalue weighted by molar-refractivity contribution is -0.384. The number of non-ortho nitro benzene ring substituents is 1. The van der Waals surface area contributed by atoms with Gasteiger partial charge in [-0.2, -0.15) is 0 Å². The van der Waals surface area contributed by atoms with Crippen LogP contribution in [0.3, 0.4) is 0 Å². The van der Waals surface area contributed by atoms with Crippen molar-refractivity contribution in [3.8, 4) is 17.2 Å². The zero-order valence-corrected chi connectivity index (χ0v) is 14.0. The van der Waals surface area contributed by atoms with E-state index in [0.29, 0.717) is 28.4 Å². The summed E-state index contributed by atoms with van der Waals surface area (Å²) in [5.74, 6) is 0.798. The van der Waals surface area contributed by atoms with E-state index in [4.69, 9.17) is 18.9 Å². The van der Waals surface area contributed by atoms with Crippen molar-refractivity contribution in [3.05, 3.63) is 63.3 Å². The maximum absolute atomic E-state index is 12.1. The third-order valence-electron chi connectivity index (χ3n) is 3.91. The van der Waals surface area contributed by atoms with Gasteiger partial charge in [-0.3, -0.25) is 10.1 Å². The van der Waals surface area contributed by atoms with Crippen molar-refractivity contribution in [2.24, 2.45) is 4.99 Å². The van der Waals surface area contributed by atoms with Crippen molar-refractivity contribution in [2.75, 3.05) is 13.9 Å². The highest BCUT2D eigenvalue weighted by Gasteiger charge is 2.26. The van der Waals surface area contributed by atoms with Crippen LogP contribution in [0.2, 0.25) is 0 Å². The van der Waals surface area contributed by atoms with Crippen LogP contribution in [0.4, 0.5) is 5.69 Å². The number of hydrogen-bond acceptors (Lipinski definition) is 8. The molecule has 0 N–H and O–H groups in total. The molecule has 4 rings (SSSR count). The number of esters is 1. The molecule has 0 fully saturated rings. The second kappa shape index (κ2) is 6.45. The van der Waals surface area contributed by atoms with Gasteiger partial charge in [0, 0.05) is 17.7 Å². The van der Waals surface area contributed by atoms with E-state index < -0.39 is 10.9 Å². The normalized spacial score (nSPS) is 16.3. The summed E-state index contributed by atoms with van der Waals surface area (Å²) in [6, 6.07) is 9.07. The van der Waals surface area contributed by atoms with Crippen molar-refractivity contribution in [3.63, 3.8) is 0 Å². The van der Waals surface area contributed by atoms with E-state index in [-0.39, 0.29) is 24.1 Å². The Morgan fingerprint density at radius 1 is 1.26 bits per heavy atom. The molecule has 0 radical (unpaired) electrons. The third kappa shape index (κ3) is 3.06. The van der Waals surface area contributed by atoms with Gasteiger partial charge < -0.3 is 18.9 Å². The fourth-order valence-electron chi connectivity index (χ4n) is 2.68. The minimum atomic E-state index is -0.659. The van der Waals surface area contributed by atoms with Crippen LogP contribution < -0.4 is 14.2 Å². The first-order valence-electron chi connectivity index (χ1n) is 7.80. The molecule has 0 atom stereocenters. The molecule has 0 unspecified atom stereocenters. The summed E-state index contributed by atoms with van der Waals surface area (Å²) in [7, 11) is 1.50. The number of ether oxygens (including phenoxy) is 4. The van der Waals surface area contributed by atoms with Crippen molar-refractivity contribution in [2.45, 2.75) is 0 Å². The summed E-state index contributed by atoms with van der Waals surface area (Å²) >= 11 is 0.